The normalized spacial score (nSPS) is 10.0. The Hall–Kier alpha value is -1.58. The van der Waals surface area contributed by atoms with Crippen LogP contribution >= 0.6 is 0 Å². The molecule has 0 radical (unpaired) electrons. The zero-order valence-corrected chi connectivity index (χ0v) is 6.15. The van der Waals surface area contributed by atoms with E-state index in [2.05, 4.69) is 0 Å². The number of carboxylic acid groups (broad SMARTS) is 1. The first kappa shape index (κ1) is 7.09. The van der Waals surface area contributed by atoms with E-state index in [1.54, 1.807) is 25.3 Å². The maximum atomic E-state index is 10.5. The summed E-state index contributed by atoms with van der Waals surface area (Å²) >= 11 is 0. The van der Waals surface area contributed by atoms with Crippen LogP contribution in [0.25, 0.3) is 10.7 Å². The Morgan fingerprint density at radius 1 is 1.50 bits per heavy atom. The third-order valence-electron chi connectivity index (χ3n) is 1.72. The SMILES string of the molecule is O=C(O)c1ccc2bocc2c1. The van der Waals surface area contributed by atoms with Crippen molar-refractivity contribution in [3.05, 3.63) is 30.0 Å². The predicted molar refractivity (Wildman–Crippen MR) is 44.5 cm³/mol. The molecule has 4 heteroatoms. The van der Waals surface area contributed by atoms with E-state index in [1.165, 1.54) is 6.26 Å². The van der Waals surface area contributed by atoms with Crippen LogP contribution in [-0.2, 0) is 0 Å². The Kier molecular flexibility index (Phi) is 1.47. The van der Waals surface area contributed by atoms with Crippen LogP contribution in [0.3, 0.4) is 0 Å². The van der Waals surface area contributed by atoms with E-state index >= 15 is 0 Å². The molecule has 0 spiro atoms. The number of rotatable bonds is 1. The zero-order chi connectivity index (χ0) is 8.55. The second-order valence-electron chi connectivity index (χ2n) is 2.52. The molecule has 0 saturated heterocycles. The van der Waals surface area contributed by atoms with E-state index in [0.717, 1.165) is 10.7 Å². The molecule has 0 fully saturated rings. The van der Waals surface area contributed by atoms with Crippen molar-refractivity contribution >= 4 is 23.8 Å². The van der Waals surface area contributed by atoms with Crippen LogP contribution in [0.1, 0.15) is 10.4 Å². The number of aromatic carboxylic acids is 1. The topological polar surface area (TPSA) is 50.4 Å². The monoisotopic (exact) mass is 160 g/mol. The summed E-state index contributed by atoms with van der Waals surface area (Å²) in [6.07, 6.45) is 1.53. The van der Waals surface area contributed by atoms with Gasteiger partial charge in [-0.15, -0.1) is 0 Å². The maximum absolute atomic E-state index is 10.5. The molecule has 1 heterocycles. The molecule has 2 rings (SSSR count). The van der Waals surface area contributed by atoms with Crippen LogP contribution in [0.5, 0.6) is 0 Å². The van der Waals surface area contributed by atoms with Gasteiger partial charge in [-0.1, -0.05) is 0 Å². The Morgan fingerprint density at radius 2 is 2.33 bits per heavy atom. The first-order chi connectivity index (χ1) is 5.77. The summed E-state index contributed by atoms with van der Waals surface area (Å²) in [5.41, 5.74) is 0.281. The standard InChI is InChI=1S/C8H5BO3/c10-8(11)5-1-2-7-6(3-5)4-12-9-7/h1-4H,(H,10,11). The molecule has 0 unspecified atom stereocenters. The molecular weight excluding hydrogens is 155 g/mol. The molecule has 2 aromatic rings. The number of hydrogen-bond acceptors (Lipinski definition) is 2. The van der Waals surface area contributed by atoms with Gasteiger partial charge in [0.2, 0.25) is 0 Å². The Balaban J connectivity index is 2.68. The van der Waals surface area contributed by atoms with E-state index in [9.17, 15) is 4.79 Å². The van der Waals surface area contributed by atoms with E-state index in [-0.39, 0.29) is 5.56 Å². The van der Waals surface area contributed by atoms with Crippen molar-refractivity contribution in [2.24, 2.45) is 0 Å². The molecule has 58 valence electrons. The molecule has 0 aliphatic heterocycles. The Bertz CT molecular complexity index is 433. The molecule has 0 saturated carbocycles. The zero-order valence-electron chi connectivity index (χ0n) is 6.15. The van der Waals surface area contributed by atoms with Crippen LogP contribution < -0.4 is 0 Å². The fourth-order valence-electron chi connectivity index (χ4n) is 1.10. The van der Waals surface area contributed by atoms with Gasteiger partial charge in [0.25, 0.3) is 0 Å². The number of carbonyl (C=O) groups is 1. The van der Waals surface area contributed by atoms with Crippen LogP contribution in [0, 0.1) is 0 Å². The molecule has 0 amide bonds. The van der Waals surface area contributed by atoms with Crippen molar-refractivity contribution in [2.45, 2.75) is 0 Å². The molecule has 1 aromatic heterocycles. The van der Waals surface area contributed by atoms with Gasteiger partial charge in [-0.05, 0) is 0 Å². The average Bonchev–Trinajstić information content (AvgIpc) is 2.49. The first-order valence-electron chi connectivity index (χ1n) is 3.46. The fourth-order valence-corrected chi connectivity index (χ4v) is 1.10. The van der Waals surface area contributed by atoms with Crippen LogP contribution in [0.15, 0.2) is 28.8 Å². The summed E-state index contributed by atoms with van der Waals surface area (Å²) in [5, 5.41) is 10.4. The number of carboxylic acids is 1. The number of hydrogen-bond donors (Lipinski definition) is 1. The molecule has 1 aromatic carbocycles. The molecule has 12 heavy (non-hydrogen) atoms. The first-order valence-corrected chi connectivity index (χ1v) is 3.46. The van der Waals surface area contributed by atoms with E-state index in [1.807, 2.05) is 0 Å². The third kappa shape index (κ3) is 1.01. The molecule has 0 aliphatic carbocycles. The van der Waals surface area contributed by atoms with Gasteiger partial charge in [-0.25, -0.2) is 0 Å². The minimum absolute atomic E-state index is 0.281. The van der Waals surface area contributed by atoms with Crippen molar-refractivity contribution in [3.63, 3.8) is 0 Å². The van der Waals surface area contributed by atoms with Gasteiger partial charge >= 0.3 is 68.0 Å². The summed E-state index contributed by atoms with van der Waals surface area (Å²) in [6.45, 7) is 0. The predicted octanol–water partition coefficient (Wildman–Crippen LogP) is 1.47. The summed E-state index contributed by atoms with van der Waals surface area (Å²) in [7, 11) is 1.58. The molecule has 0 bridgehead atoms. The summed E-state index contributed by atoms with van der Waals surface area (Å²) in [5.74, 6) is -0.918. The van der Waals surface area contributed by atoms with Gasteiger partial charge in [0.1, 0.15) is 0 Å². The average molecular weight is 160 g/mol. The summed E-state index contributed by atoms with van der Waals surface area (Å²) in [4.78, 5) is 10.5. The van der Waals surface area contributed by atoms with Gasteiger partial charge in [-0.3, -0.25) is 0 Å². The van der Waals surface area contributed by atoms with Crippen molar-refractivity contribution in [1.29, 1.82) is 0 Å². The Labute approximate surface area is 68.9 Å². The molecule has 0 aliphatic rings. The third-order valence-corrected chi connectivity index (χ3v) is 1.72. The van der Waals surface area contributed by atoms with Crippen molar-refractivity contribution in [3.8, 4) is 0 Å². The van der Waals surface area contributed by atoms with Crippen LogP contribution in [0.4, 0.5) is 0 Å². The minimum atomic E-state index is -0.918. The van der Waals surface area contributed by atoms with Crippen molar-refractivity contribution < 1.29 is 14.2 Å². The molecular formula is C8H5BO3. The summed E-state index contributed by atoms with van der Waals surface area (Å²) < 4.78 is 4.91. The molecule has 1 N–H and O–H groups in total. The van der Waals surface area contributed by atoms with Crippen molar-refractivity contribution in [2.75, 3.05) is 0 Å². The van der Waals surface area contributed by atoms with E-state index < -0.39 is 5.97 Å². The summed E-state index contributed by atoms with van der Waals surface area (Å²) in [6, 6.07) is 4.86. The quantitative estimate of drug-likeness (QED) is 0.686. The number of fused-ring (bicyclic) bond motifs is 1. The molecule has 3 nitrogen and oxygen atoms in total. The Morgan fingerprint density at radius 3 is 3.08 bits per heavy atom. The van der Waals surface area contributed by atoms with Gasteiger partial charge in [0.15, 0.2) is 0 Å². The van der Waals surface area contributed by atoms with Crippen LogP contribution in [0.2, 0.25) is 0 Å². The number of benzene rings is 1. The van der Waals surface area contributed by atoms with E-state index in [4.69, 9.17) is 9.44 Å². The van der Waals surface area contributed by atoms with Gasteiger partial charge in [0, 0.05) is 0 Å². The van der Waals surface area contributed by atoms with E-state index in [0.29, 0.717) is 0 Å². The van der Waals surface area contributed by atoms with Crippen LogP contribution in [-0.4, -0.2) is 18.2 Å². The van der Waals surface area contributed by atoms with Gasteiger partial charge in [0.05, 0.1) is 0 Å². The molecule has 0 atom stereocenters. The second-order valence-corrected chi connectivity index (χ2v) is 2.52. The van der Waals surface area contributed by atoms with Gasteiger partial charge in [-0.2, -0.15) is 0 Å². The van der Waals surface area contributed by atoms with Gasteiger partial charge < -0.3 is 0 Å². The van der Waals surface area contributed by atoms with Crippen molar-refractivity contribution in [1.82, 2.24) is 0 Å². The second kappa shape index (κ2) is 2.48. The fraction of sp³-hybridized carbons (Fsp3) is 0.